The molecule has 4 aromatic carbocycles. The van der Waals surface area contributed by atoms with Crippen LogP contribution < -0.4 is 0 Å². The van der Waals surface area contributed by atoms with Crippen molar-refractivity contribution in [2.24, 2.45) is 0 Å². The van der Waals surface area contributed by atoms with Crippen molar-refractivity contribution in [2.75, 3.05) is 0 Å². The summed E-state index contributed by atoms with van der Waals surface area (Å²) in [4.78, 5) is 0. The molecular weight excluding hydrogens is 284 g/mol. The largest absolute Gasteiger partial charge is 0.507 e. The van der Waals surface area contributed by atoms with Crippen molar-refractivity contribution in [1.29, 1.82) is 0 Å². The predicted octanol–water partition coefficient (Wildman–Crippen LogP) is 5.68. The van der Waals surface area contributed by atoms with Gasteiger partial charge in [-0.2, -0.15) is 0 Å². The number of benzene rings is 4. The minimum absolute atomic E-state index is 0.128. The van der Waals surface area contributed by atoms with Gasteiger partial charge in [-0.3, -0.25) is 0 Å². The Labute approximate surface area is 134 Å². The lowest BCUT2D eigenvalue weighted by molar-refractivity contribution is 0.449. The summed E-state index contributed by atoms with van der Waals surface area (Å²) < 4.78 is 0. The van der Waals surface area contributed by atoms with Crippen LogP contribution in [0.15, 0.2) is 54.6 Å². The maximum Gasteiger partial charge on any atom is 0.127 e. The average molecular weight is 302 g/mol. The Morgan fingerprint density at radius 2 is 1.39 bits per heavy atom. The third kappa shape index (κ3) is 1.95. The summed E-state index contributed by atoms with van der Waals surface area (Å²) in [6.07, 6.45) is 0. The van der Waals surface area contributed by atoms with E-state index in [2.05, 4.69) is 44.2 Å². The van der Waals surface area contributed by atoms with E-state index in [9.17, 15) is 10.2 Å². The number of hydrogen-bond donors (Lipinski definition) is 2. The van der Waals surface area contributed by atoms with E-state index in [4.69, 9.17) is 0 Å². The van der Waals surface area contributed by atoms with Crippen LogP contribution in [0.3, 0.4) is 0 Å². The van der Waals surface area contributed by atoms with Crippen molar-refractivity contribution in [3.05, 3.63) is 60.2 Å². The van der Waals surface area contributed by atoms with Crippen molar-refractivity contribution < 1.29 is 10.2 Å². The van der Waals surface area contributed by atoms with E-state index in [0.29, 0.717) is 0 Å². The van der Waals surface area contributed by atoms with Crippen molar-refractivity contribution in [1.82, 2.24) is 0 Å². The Kier molecular flexibility index (Phi) is 2.95. The molecule has 0 atom stereocenters. The lowest BCUT2D eigenvalue weighted by Crippen LogP contribution is -1.92. The minimum atomic E-state index is 0.128. The van der Waals surface area contributed by atoms with E-state index in [1.54, 1.807) is 0 Å². The first-order valence-corrected chi connectivity index (χ1v) is 7.87. The van der Waals surface area contributed by atoms with Gasteiger partial charge in [-0.15, -0.1) is 0 Å². The van der Waals surface area contributed by atoms with Gasteiger partial charge in [0.25, 0.3) is 0 Å². The molecule has 0 aliphatic heterocycles. The second-order valence-electron chi connectivity index (χ2n) is 6.35. The summed E-state index contributed by atoms with van der Waals surface area (Å²) in [5, 5.41) is 26.9. The van der Waals surface area contributed by atoms with Gasteiger partial charge in [0.15, 0.2) is 0 Å². The number of phenols is 2. The van der Waals surface area contributed by atoms with Gasteiger partial charge in [-0.25, -0.2) is 0 Å². The molecule has 0 heterocycles. The molecule has 114 valence electrons. The van der Waals surface area contributed by atoms with Gasteiger partial charge in [0.1, 0.15) is 11.5 Å². The van der Waals surface area contributed by atoms with Gasteiger partial charge in [0.2, 0.25) is 0 Å². The van der Waals surface area contributed by atoms with Crippen LogP contribution in [0, 0.1) is 0 Å². The second kappa shape index (κ2) is 4.88. The number of aromatic hydroxyl groups is 2. The second-order valence-corrected chi connectivity index (χ2v) is 6.35. The van der Waals surface area contributed by atoms with Gasteiger partial charge in [0, 0.05) is 17.0 Å². The summed E-state index contributed by atoms with van der Waals surface area (Å²) in [6.45, 7) is 4.10. The molecule has 0 bridgehead atoms. The number of fused-ring (bicyclic) bond motifs is 5. The quantitative estimate of drug-likeness (QED) is 0.444. The summed E-state index contributed by atoms with van der Waals surface area (Å²) in [5.41, 5.74) is 0.882. The molecule has 23 heavy (non-hydrogen) atoms. The third-order valence-corrected chi connectivity index (χ3v) is 4.60. The normalized spacial score (nSPS) is 11.8. The van der Waals surface area contributed by atoms with Crippen molar-refractivity contribution >= 4 is 32.3 Å². The van der Waals surface area contributed by atoms with Crippen LogP contribution in [0.4, 0.5) is 0 Å². The van der Waals surface area contributed by atoms with Crippen LogP contribution in [-0.2, 0) is 0 Å². The maximum absolute atomic E-state index is 10.5. The molecule has 0 aromatic heterocycles. The van der Waals surface area contributed by atoms with Gasteiger partial charge < -0.3 is 10.2 Å². The first-order valence-electron chi connectivity index (χ1n) is 7.87. The highest BCUT2D eigenvalue weighted by atomic mass is 16.3. The molecule has 0 radical (unpaired) electrons. The lowest BCUT2D eigenvalue weighted by atomic mass is 9.90. The van der Waals surface area contributed by atoms with E-state index in [0.717, 1.165) is 27.1 Å². The van der Waals surface area contributed by atoms with Crippen molar-refractivity contribution in [3.8, 4) is 11.5 Å². The van der Waals surface area contributed by atoms with Gasteiger partial charge in [-0.05, 0) is 32.8 Å². The summed E-state index contributed by atoms with van der Waals surface area (Å²) in [7, 11) is 0. The average Bonchev–Trinajstić information content (AvgIpc) is 2.53. The van der Waals surface area contributed by atoms with Crippen LogP contribution in [0.1, 0.15) is 25.3 Å². The molecule has 0 spiro atoms. The molecule has 0 aliphatic carbocycles. The monoisotopic (exact) mass is 302 g/mol. The Morgan fingerprint density at radius 3 is 2.17 bits per heavy atom. The van der Waals surface area contributed by atoms with Gasteiger partial charge >= 0.3 is 0 Å². The molecule has 2 N–H and O–H groups in total. The highest BCUT2D eigenvalue weighted by molar-refractivity contribution is 6.19. The fraction of sp³-hybridized carbons (Fsp3) is 0.143. The van der Waals surface area contributed by atoms with Gasteiger partial charge in [0.05, 0.1) is 0 Å². The SMILES string of the molecule is CC(C)c1c(O)cc(O)c2c1ccc1c3ccccc3ccc12. The van der Waals surface area contributed by atoms with E-state index in [-0.39, 0.29) is 17.4 Å². The minimum Gasteiger partial charge on any atom is -0.507 e. The zero-order valence-corrected chi connectivity index (χ0v) is 13.2. The van der Waals surface area contributed by atoms with E-state index in [1.807, 2.05) is 18.2 Å². The van der Waals surface area contributed by atoms with E-state index < -0.39 is 0 Å². The van der Waals surface area contributed by atoms with E-state index in [1.165, 1.54) is 16.8 Å². The number of phenolic OH excluding ortho intramolecular Hbond substituents is 2. The fourth-order valence-electron chi connectivity index (χ4n) is 3.61. The third-order valence-electron chi connectivity index (χ3n) is 4.60. The highest BCUT2D eigenvalue weighted by Crippen LogP contribution is 2.42. The smallest absolute Gasteiger partial charge is 0.127 e. The summed E-state index contributed by atoms with van der Waals surface area (Å²) in [6, 6.07) is 18.0. The Bertz CT molecular complexity index is 1060. The Morgan fingerprint density at radius 1 is 0.696 bits per heavy atom. The predicted molar refractivity (Wildman–Crippen MR) is 96.4 cm³/mol. The summed E-state index contributed by atoms with van der Waals surface area (Å²) in [5.74, 6) is 0.462. The zero-order chi connectivity index (χ0) is 16.1. The molecule has 0 unspecified atom stereocenters. The Hall–Kier alpha value is -2.74. The van der Waals surface area contributed by atoms with Crippen LogP contribution in [0.25, 0.3) is 32.3 Å². The van der Waals surface area contributed by atoms with Gasteiger partial charge in [-0.1, -0.05) is 62.4 Å². The molecule has 2 heteroatoms. The van der Waals surface area contributed by atoms with Crippen LogP contribution in [-0.4, -0.2) is 10.2 Å². The van der Waals surface area contributed by atoms with Crippen molar-refractivity contribution in [2.45, 2.75) is 19.8 Å². The molecule has 0 aliphatic rings. The standard InChI is InChI=1S/C21H18O2/c1-12(2)20-17-10-9-15-14-6-4-3-5-13(14)7-8-16(15)21(17)19(23)11-18(20)22/h3-12,22-23H,1-2H3. The molecule has 0 amide bonds. The molecule has 0 saturated carbocycles. The first kappa shape index (κ1) is 13.9. The van der Waals surface area contributed by atoms with Crippen LogP contribution >= 0.6 is 0 Å². The molecule has 0 saturated heterocycles. The van der Waals surface area contributed by atoms with Crippen LogP contribution in [0.2, 0.25) is 0 Å². The lowest BCUT2D eigenvalue weighted by Gasteiger charge is -2.16. The highest BCUT2D eigenvalue weighted by Gasteiger charge is 2.16. The zero-order valence-electron chi connectivity index (χ0n) is 13.2. The van der Waals surface area contributed by atoms with Crippen LogP contribution in [0.5, 0.6) is 11.5 Å². The number of hydrogen-bond acceptors (Lipinski definition) is 2. The fourth-order valence-corrected chi connectivity index (χ4v) is 3.61. The number of rotatable bonds is 1. The first-order chi connectivity index (χ1) is 11.1. The molecule has 0 fully saturated rings. The Balaban J connectivity index is 2.26. The maximum atomic E-state index is 10.5. The summed E-state index contributed by atoms with van der Waals surface area (Å²) >= 11 is 0. The topological polar surface area (TPSA) is 40.5 Å². The molecular formula is C21H18O2. The van der Waals surface area contributed by atoms with E-state index >= 15 is 0 Å². The molecule has 4 aromatic rings. The molecule has 4 rings (SSSR count). The van der Waals surface area contributed by atoms with Crippen molar-refractivity contribution in [3.63, 3.8) is 0 Å². The molecule has 2 nitrogen and oxygen atoms in total.